The maximum atomic E-state index is 13.1. The minimum absolute atomic E-state index is 0.0643. The number of thiazole rings is 1. The van der Waals surface area contributed by atoms with Crippen molar-refractivity contribution in [3.63, 3.8) is 0 Å². The third kappa shape index (κ3) is 6.16. The van der Waals surface area contributed by atoms with Gasteiger partial charge in [0.2, 0.25) is 11.5 Å². The van der Waals surface area contributed by atoms with E-state index in [2.05, 4.69) is 15.5 Å². The molecule has 1 aromatic heterocycles. The van der Waals surface area contributed by atoms with Crippen molar-refractivity contribution in [1.29, 1.82) is 0 Å². The second kappa shape index (κ2) is 11.8. The minimum atomic E-state index is -1.77. The van der Waals surface area contributed by atoms with Gasteiger partial charge < -0.3 is 25.3 Å². The summed E-state index contributed by atoms with van der Waals surface area (Å²) < 4.78 is 0. The summed E-state index contributed by atoms with van der Waals surface area (Å²) >= 11 is 2.20. The number of hydrogen-bond donors (Lipinski definition) is 3. The van der Waals surface area contributed by atoms with Crippen molar-refractivity contribution in [1.82, 2.24) is 15.2 Å². The highest BCUT2D eigenvalue weighted by molar-refractivity contribution is 8.00. The van der Waals surface area contributed by atoms with Crippen molar-refractivity contribution >= 4 is 70.0 Å². The number of nitrogens with zero attached hydrogens (tertiary/aromatic N) is 5. The van der Waals surface area contributed by atoms with Gasteiger partial charge in [-0.2, -0.15) is 0 Å². The summed E-state index contributed by atoms with van der Waals surface area (Å²) in [5.74, 6) is -4.20. The molecule has 2 amide bonds. The third-order valence-corrected chi connectivity index (χ3v) is 8.73. The fraction of sp³-hybridized carbons (Fsp3) is 0.333. The summed E-state index contributed by atoms with van der Waals surface area (Å²) in [6.45, 7) is 2.14. The fourth-order valence-corrected chi connectivity index (χ4v) is 6.08. The average Bonchev–Trinajstić information content (AvgIpc) is 3.48. The first kappa shape index (κ1) is 31.0. The van der Waals surface area contributed by atoms with Crippen molar-refractivity contribution in [3.05, 3.63) is 66.7 Å². The van der Waals surface area contributed by atoms with Crippen molar-refractivity contribution in [2.75, 3.05) is 12.3 Å². The molecule has 1 aromatic carbocycles. The van der Waals surface area contributed by atoms with E-state index in [1.165, 1.54) is 41.8 Å². The zero-order chi connectivity index (χ0) is 31.7. The number of carboxylic acids is 2. The van der Waals surface area contributed by atoms with E-state index in [-0.39, 0.29) is 29.3 Å². The number of rotatable bonds is 11. The van der Waals surface area contributed by atoms with Gasteiger partial charge in [0.1, 0.15) is 22.5 Å². The molecule has 2 aromatic rings. The lowest BCUT2D eigenvalue weighted by Gasteiger charge is -2.53. The first-order valence-electron chi connectivity index (χ1n) is 12.1. The van der Waals surface area contributed by atoms with Crippen LogP contribution < -0.4 is 5.32 Å². The largest absolute Gasteiger partial charge is 0.481 e. The quantitative estimate of drug-likeness (QED) is 0.138. The van der Waals surface area contributed by atoms with E-state index in [1.54, 1.807) is 0 Å². The SMILES string of the molecule is CC(C)(ON=C(C(=O)NC1C(=O)N2CC(C=Cc3ccc([N+](=O)[O-])cc3[N+](=O)[O-])(C(=O)O)CS[C@H]12)c1cscn1)C(=O)O. The smallest absolute Gasteiger partial charge is 0.350 e. The molecule has 2 fully saturated rings. The number of non-ortho nitro benzene ring substituents is 1. The Labute approximate surface area is 249 Å². The Balaban J connectivity index is 1.52. The van der Waals surface area contributed by atoms with Crippen molar-refractivity contribution < 1.29 is 44.1 Å². The average molecular weight is 635 g/mol. The summed E-state index contributed by atoms with van der Waals surface area (Å²) in [6.07, 6.45) is 2.38. The highest BCUT2D eigenvalue weighted by Gasteiger charge is 2.57. The minimum Gasteiger partial charge on any atom is -0.481 e. The van der Waals surface area contributed by atoms with Crippen LogP contribution in [0.2, 0.25) is 0 Å². The van der Waals surface area contributed by atoms with Gasteiger partial charge in [0.05, 0.1) is 27.0 Å². The standard InChI is InChI=1S/C24H22N6O11S2/c1-23(2,21(33)34)41-27-16(14-8-42-11-25-14)18(31)26-17-19(32)28-9-24(22(35)36,10-43-20(17)28)6-5-12-3-4-13(29(37)38)7-15(12)30(39)40/h3-8,11,17,20H,9-10H2,1-2H3,(H,26,31)(H,33,34)(H,35,36)/t17?,20-,24?/m1/s1. The van der Waals surface area contributed by atoms with Gasteiger partial charge in [-0.25, -0.2) is 9.78 Å². The molecular formula is C24H22N6O11S2. The van der Waals surface area contributed by atoms with E-state index >= 15 is 0 Å². The molecular weight excluding hydrogens is 612 g/mol. The highest BCUT2D eigenvalue weighted by atomic mass is 32.2. The Morgan fingerprint density at radius 3 is 2.56 bits per heavy atom. The van der Waals surface area contributed by atoms with E-state index in [0.29, 0.717) is 0 Å². The number of amides is 2. The number of carboxylic acid groups (broad SMARTS) is 2. The Morgan fingerprint density at radius 2 is 1.98 bits per heavy atom. The number of aliphatic carboxylic acids is 2. The summed E-state index contributed by atoms with van der Waals surface area (Å²) in [4.78, 5) is 81.0. The van der Waals surface area contributed by atoms with Gasteiger partial charge in [-0.15, -0.1) is 23.1 Å². The van der Waals surface area contributed by atoms with Gasteiger partial charge >= 0.3 is 11.9 Å². The number of oxime groups is 1. The van der Waals surface area contributed by atoms with Crippen LogP contribution in [0.25, 0.3) is 6.08 Å². The third-order valence-electron chi connectivity index (χ3n) is 6.59. The molecule has 2 unspecified atom stereocenters. The van der Waals surface area contributed by atoms with Gasteiger partial charge in [0.15, 0.2) is 5.71 Å². The predicted molar refractivity (Wildman–Crippen MR) is 150 cm³/mol. The van der Waals surface area contributed by atoms with Crippen LogP contribution in [0.3, 0.4) is 0 Å². The molecule has 0 radical (unpaired) electrons. The number of nitro groups is 2. The number of carbonyl (C=O) groups excluding carboxylic acids is 2. The Morgan fingerprint density at radius 1 is 1.26 bits per heavy atom. The van der Waals surface area contributed by atoms with Gasteiger partial charge in [-0.05, 0) is 19.9 Å². The molecule has 3 N–H and O–H groups in total. The number of benzene rings is 1. The van der Waals surface area contributed by atoms with Gasteiger partial charge in [-0.3, -0.25) is 34.6 Å². The number of hydrogen-bond acceptors (Lipinski definition) is 13. The monoisotopic (exact) mass is 634 g/mol. The molecule has 3 heterocycles. The number of thioether (sulfide) groups is 1. The number of β-lactam (4-membered cyclic amide) rings is 1. The van der Waals surface area contributed by atoms with Crippen LogP contribution in [0.5, 0.6) is 0 Å². The predicted octanol–water partition coefficient (Wildman–Crippen LogP) is 1.73. The number of nitrogens with one attached hydrogen (secondary N) is 1. The van der Waals surface area contributed by atoms with E-state index in [1.807, 2.05) is 0 Å². The Bertz CT molecular complexity index is 1580. The molecule has 0 bridgehead atoms. The van der Waals surface area contributed by atoms with E-state index < -0.39 is 67.4 Å². The van der Waals surface area contributed by atoms with Crippen LogP contribution in [-0.2, 0) is 24.0 Å². The van der Waals surface area contributed by atoms with Crippen LogP contribution in [0.15, 0.2) is 40.3 Å². The van der Waals surface area contributed by atoms with Crippen LogP contribution in [0.4, 0.5) is 11.4 Å². The van der Waals surface area contributed by atoms with Crippen molar-refractivity contribution in [2.24, 2.45) is 10.6 Å². The molecule has 3 atom stereocenters. The Hall–Kier alpha value is -4.91. The number of carbonyl (C=O) groups is 4. The Kier molecular flexibility index (Phi) is 8.49. The zero-order valence-electron chi connectivity index (χ0n) is 22.2. The number of fused-ring (bicyclic) bond motifs is 1. The summed E-state index contributed by atoms with van der Waals surface area (Å²) in [5.41, 5.74) is -3.47. The van der Waals surface area contributed by atoms with Crippen LogP contribution in [0, 0.1) is 25.6 Å². The van der Waals surface area contributed by atoms with Crippen molar-refractivity contribution in [3.8, 4) is 0 Å². The highest BCUT2D eigenvalue weighted by Crippen LogP contribution is 2.43. The first-order chi connectivity index (χ1) is 20.2. The molecule has 17 nitrogen and oxygen atoms in total. The second-order valence-corrected chi connectivity index (χ2v) is 11.7. The topological polar surface area (TPSA) is 245 Å². The fourth-order valence-electron chi connectivity index (χ4n) is 4.03. The van der Waals surface area contributed by atoms with Crippen LogP contribution >= 0.6 is 23.1 Å². The molecule has 43 heavy (non-hydrogen) atoms. The molecule has 0 saturated carbocycles. The van der Waals surface area contributed by atoms with Gasteiger partial charge in [-0.1, -0.05) is 17.3 Å². The van der Waals surface area contributed by atoms with E-state index in [4.69, 9.17) is 4.84 Å². The zero-order valence-corrected chi connectivity index (χ0v) is 23.9. The molecule has 2 aliphatic rings. The van der Waals surface area contributed by atoms with Crippen molar-refractivity contribution in [2.45, 2.75) is 30.9 Å². The summed E-state index contributed by atoms with van der Waals surface area (Å²) in [5, 5.41) is 48.9. The molecule has 0 aliphatic carbocycles. The van der Waals surface area contributed by atoms with E-state index in [9.17, 15) is 49.6 Å². The lowest BCUT2D eigenvalue weighted by atomic mass is 9.86. The first-order valence-corrected chi connectivity index (χ1v) is 14.1. The molecule has 2 aliphatic heterocycles. The molecule has 2 saturated heterocycles. The molecule has 0 spiro atoms. The number of nitro benzene ring substituents is 2. The lowest BCUT2D eigenvalue weighted by Crippen LogP contribution is -2.73. The van der Waals surface area contributed by atoms with Gasteiger partial charge in [0.25, 0.3) is 17.3 Å². The molecule has 19 heteroatoms. The maximum Gasteiger partial charge on any atom is 0.350 e. The molecule has 4 rings (SSSR count). The lowest BCUT2D eigenvalue weighted by molar-refractivity contribution is -0.394. The second-order valence-electron chi connectivity index (χ2n) is 9.89. The van der Waals surface area contributed by atoms with Crippen LogP contribution in [-0.4, -0.2) is 88.7 Å². The normalized spacial score (nSPS) is 22.0. The van der Waals surface area contributed by atoms with Gasteiger partial charge in [0, 0.05) is 23.7 Å². The summed E-state index contributed by atoms with van der Waals surface area (Å²) in [6, 6.07) is 1.88. The summed E-state index contributed by atoms with van der Waals surface area (Å²) in [7, 11) is 0. The van der Waals surface area contributed by atoms with Crippen LogP contribution in [0.1, 0.15) is 25.1 Å². The number of aromatic nitrogens is 1. The maximum absolute atomic E-state index is 13.1. The molecule has 226 valence electrons. The van der Waals surface area contributed by atoms with E-state index in [0.717, 1.165) is 41.3 Å².